The number of nitrogens with one attached hydrogen (secondary N) is 2. The summed E-state index contributed by atoms with van der Waals surface area (Å²) in [5, 5.41) is 17.4. The summed E-state index contributed by atoms with van der Waals surface area (Å²) in [5.41, 5.74) is -0.306. The third-order valence-electron chi connectivity index (χ3n) is 6.73. The van der Waals surface area contributed by atoms with E-state index in [-0.39, 0.29) is 30.8 Å². The number of ether oxygens (including phenoxy) is 1. The van der Waals surface area contributed by atoms with E-state index in [1.807, 2.05) is 65.0 Å². The smallest absolute Gasteiger partial charge is 0.410 e. The van der Waals surface area contributed by atoms with Gasteiger partial charge >= 0.3 is 6.09 Å². The predicted octanol–water partition coefficient (Wildman–Crippen LogP) is 3.59. The van der Waals surface area contributed by atoms with Crippen molar-refractivity contribution in [2.24, 2.45) is 11.3 Å². The molecule has 0 radical (unpaired) electrons. The number of benzene rings is 1. The lowest BCUT2D eigenvalue weighted by atomic mass is 9.85. The summed E-state index contributed by atoms with van der Waals surface area (Å²) in [6.07, 6.45) is 0.929. The molecular formula is C31H52N4O5. The molecule has 0 spiro atoms. The van der Waals surface area contributed by atoms with Gasteiger partial charge in [0.05, 0.1) is 25.2 Å². The number of rotatable bonds is 12. The summed E-state index contributed by atoms with van der Waals surface area (Å²) in [4.78, 5) is 43.2. The number of carbonyl (C=O) groups is 3. The number of hydrogen-bond donors (Lipinski definition) is 3. The summed E-state index contributed by atoms with van der Waals surface area (Å²) in [6.45, 7) is 17.5. The Morgan fingerprint density at radius 3 is 2.10 bits per heavy atom. The lowest BCUT2D eigenvalue weighted by molar-refractivity contribution is -0.133. The number of aliphatic hydroxyl groups excluding tert-OH is 1. The second-order valence-electron chi connectivity index (χ2n) is 13.5. The van der Waals surface area contributed by atoms with Crippen LogP contribution in [0.15, 0.2) is 30.3 Å². The van der Waals surface area contributed by atoms with Crippen molar-refractivity contribution in [3.05, 3.63) is 35.9 Å². The van der Waals surface area contributed by atoms with E-state index in [1.54, 1.807) is 20.8 Å². The van der Waals surface area contributed by atoms with Gasteiger partial charge in [-0.3, -0.25) is 14.5 Å². The van der Waals surface area contributed by atoms with Crippen LogP contribution in [0, 0.1) is 11.3 Å². The first-order chi connectivity index (χ1) is 18.5. The highest BCUT2D eigenvalue weighted by atomic mass is 16.6. The van der Waals surface area contributed by atoms with Gasteiger partial charge in [-0.2, -0.15) is 0 Å². The molecule has 1 fully saturated rings. The number of aliphatic hydroxyl groups is 1. The van der Waals surface area contributed by atoms with Gasteiger partial charge < -0.3 is 25.4 Å². The van der Waals surface area contributed by atoms with Crippen LogP contribution in [0.3, 0.4) is 0 Å². The summed E-state index contributed by atoms with van der Waals surface area (Å²) in [5.74, 6) is -0.405. The lowest BCUT2D eigenvalue weighted by Gasteiger charge is -2.35. The number of likely N-dealkylation sites (tertiary alicyclic amines) is 1. The summed E-state index contributed by atoms with van der Waals surface area (Å²) < 4.78 is 5.60. The maximum Gasteiger partial charge on any atom is 0.410 e. The Balaban J connectivity index is 2.24. The van der Waals surface area contributed by atoms with Gasteiger partial charge in [-0.25, -0.2) is 4.79 Å². The zero-order valence-electron chi connectivity index (χ0n) is 25.8. The molecular weight excluding hydrogens is 508 g/mol. The molecule has 0 aromatic heterocycles. The average Bonchev–Trinajstić information content (AvgIpc) is 3.33. The Bertz CT molecular complexity index is 949. The largest absolute Gasteiger partial charge is 0.444 e. The maximum atomic E-state index is 13.7. The monoisotopic (exact) mass is 560 g/mol. The molecule has 3 N–H and O–H groups in total. The summed E-state index contributed by atoms with van der Waals surface area (Å²) >= 11 is 0. The second-order valence-corrected chi connectivity index (χ2v) is 13.5. The van der Waals surface area contributed by atoms with Crippen molar-refractivity contribution in [1.29, 1.82) is 0 Å². The zero-order chi connectivity index (χ0) is 30.1. The molecule has 3 amide bonds. The molecule has 1 aliphatic heterocycles. The van der Waals surface area contributed by atoms with E-state index in [0.717, 1.165) is 31.5 Å². The van der Waals surface area contributed by atoms with Gasteiger partial charge in [-0.15, -0.1) is 0 Å². The minimum atomic E-state index is -1.07. The second kappa shape index (κ2) is 14.8. The van der Waals surface area contributed by atoms with Crippen LogP contribution in [0.5, 0.6) is 0 Å². The predicted molar refractivity (Wildman–Crippen MR) is 158 cm³/mol. The number of amides is 3. The fourth-order valence-electron chi connectivity index (χ4n) is 4.79. The van der Waals surface area contributed by atoms with E-state index in [0.29, 0.717) is 13.0 Å². The topological polar surface area (TPSA) is 111 Å². The molecule has 226 valence electrons. The van der Waals surface area contributed by atoms with Crippen LogP contribution < -0.4 is 10.6 Å². The van der Waals surface area contributed by atoms with Crippen molar-refractivity contribution in [1.82, 2.24) is 20.4 Å². The van der Waals surface area contributed by atoms with Crippen molar-refractivity contribution in [3.8, 4) is 0 Å². The van der Waals surface area contributed by atoms with Gasteiger partial charge in [-0.1, -0.05) is 65.0 Å². The van der Waals surface area contributed by atoms with Crippen molar-refractivity contribution >= 4 is 17.9 Å². The maximum absolute atomic E-state index is 13.7. The normalized spacial score (nSPS) is 16.8. The fourth-order valence-corrected chi connectivity index (χ4v) is 4.79. The third-order valence-corrected chi connectivity index (χ3v) is 6.73. The van der Waals surface area contributed by atoms with E-state index in [1.165, 1.54) is 4.90 Å². The molecule has 1 aromatic rings. The van der Waals surface area contributed by atoms with Crippen LogP contribution in [0.25, 0.3) is 0 Å². The first kappa shape index (κ1) is 33.6. The average molecular weight is 561 g/mol. The van der Waals surface area contributed by atoms with E-state index >= 15 is 0 Å². The van der Waals surface area contributed by atoms with Crippen LogP contribution in [-0.4, -0.2) is 89.3 Å². The molecule has 2 rings (SSSR count). The Labute approximate surface area is 241 Å². The van der Waals surface area contributed by atoms with Crippen molar-refractivity contribution in [2.45, 2.75) is 98.4 Å². The minimum absolute atomic E-state index is 0.00756. The molecule has 0 saturated carbocycles. The van der Waals surface area contributed by atoms with Crippen molar-refractivity contribution in [2.75, 3.05) is 32.7 Å². The first-order valence-electron chi connectivity index (χ1n) is 14.6. The van der Waals surface area contributed by atoms with E-state index in [2.05, 4.69) is 15.5 Å². The van der Waals surface area contributed by atoms with Crippen LogP contribution in [0.2, 0.25) is 0 Å². The van der Waals surface area contributed by atoms with Crippen LogP contribution in [0.4, 0.5) is 4.79 Å². The first-order valence-corrected chi connectivity index (χ1v) is 14.6. The van der Waals surface area contributed by atoms with Crippen molar-refractivity contribution < 1.29 is 24.2 Å². The standard InChI is InChI=1S/C31H52N4O5/c1-22(2)19-35(29(39)40-31(6,7)8)20-25(36)24(18-23-14-10-9-11-15-23)32-28(38)27(30(3,4)5)33-26(37)21-34-16-12-13-17-34/h9-11,14-15,22,24-25,27,36H,12-13,16-21H2,1-8H3,(H,32,38)(H,33,37). The van der Waals surface area contributed by atoms with Gasteiger partial charge in [0.1, 0.15) is 11.6 Å². The molecule has 0 bridgehead atoms. The molecule has 0 aliphatic carbocycles. The van der Waals surface area contributed by atoms with Crippen molar-refractivity contribution in [3.63, 3.8) is 0 Å². The van der Waals surface area contributed by atoms with Crippen LogP contribution >= 0.6 is 0 Å². The SMILES string of the molecule is CC(C)CN(CC(O)C(Cc1ccccc1)NC(=O)C(NC(=O)CN1CCCC1)C(C)(C)C)C(=O)OC(C)(C)C. The molecule has 9 nitrogen and oxygen atoms in total. The van der Waals surface area contributed by atoms with Gasteiger partial charge in [0.2, 0.25) is 11.8 Å². The quantitative estimate of drug-likeness (QED) is 0.360. The Morgan fingerprint density at radius 2 is 1.57 bits per heavy atom. The highest BCUT2D eigenvalue weighted by Crippen LogP contribution is 2.21. The molecule has 1 aromatic carbocycles. The van der Waals surface area contributed by atoms with E-state index < -0.39 is 35.3 Å². The Hall–Kier alpha value is -2.65. The molecule has 1 saturated heterocycles. The molecule has 1 heterocycles. The van der Waals surface area contributed by atoms with Gasteiger partial charge in [-0.05, 0) is 70.0 Å². The van der Waals surface area contributed by atoms with Gasteiger partial charge in [0, 0.05) is 6.54 Å². The zero-order valence-corrected chi connectivity index (χ0v) is 25.8. The number of nitrogens with zero attached hydrogens (tertiary/aromatic N) is 2. The van der Waals surface area contributed by atoms with Gasteiger partial charge in [0.25, 0.3) is 0 Å². The molecule has 3 atom stereocenters. The Morgan fingerprint density at radius 1 is 0.975 bits per heavy atom. The number of hydrogen-bond acceptors (Lipinski definition) is 6. The molecule has 3 unspecified atom stereocenters. The third kappa shape index (κ3) is 11.8. The van der Waals surface area contributed by atoms with Crippen LogP contribution in [-0.2, 0) is 20.7 Å². The highest BCUT2D eigenvalue weighted by Gasteiger charge is 2.36. The van der Waals surface area contributed by atoms with E-state index in [4.69, 9.17) is 4.74 Å². The summed E-state index contributed by atoms with van der Waals surface area (Å²) in [6, 6.07) is 8.09. The van der Waals surface area contributed by atoms with Gasteiger partial charge in [0.15, 0.2) is 0 Å². The lowest BCUT2D eigenvalue weighted by Crippen LogP contribution is -2.59. The molecule has 1 aliphatic rings. The fraction of sp³-hybridized carbons (Fsp3) is 0.710. The minimum Gasteiger partial charge on any atom is -0.444 e. The Kier molecular flexibility index (Phi) is 12.4. The molecule has 40 heavy (non-hydrogen) atoms. The summed E-state index contributed by atoms with van der Waals surface area (Å²) in [7, 11) is 0. The molecule has 9 heteroatoms. The van der Waals surface area contributed by atoms with Crippen LogP contribution in [0.1, 0.15) is 73.8 Å². The number of carbonyl (C=O) groups excluding carboxylic acids is 3. The van der Waals surface area contributed by atoms with E-state index in [9.17, 15) is 19.5 Å². The highest BCUT2D eigenvalue weighted by molar-refractivity contribution is 5.89.